The van der Waals surface area contributed by atoms with Crippen molar-refractivity contribution in [1.82, 2.24) is 15.1 Å². The molecular formula is C14H15BrN4O. The Morgan fingerprint density at radius 2 is 2.35 bits per heavy atom. The SMILES string of the molecule is CC(=O)N1CCc2[nH]nc(Nc3cccc(Br)c3)c2C1. The summed E-state index contributed by atoms with van der Waals surface area (Å²) in [5.41, 5.74) is 3.15. The molecule has 2 N–H and O–H groups in total. The largest absolute Gasteiger partial charge is 0.338 e. The number of amides is 1. The second-order valence-corrected chi connectivity index (χ2v) is 5.77. The maximum absolute atomic E-state index is 11.5. The number of benzene rings is 1. The number of nitrogens with zero attached hydrogens (tertiary/aromatic N) is 2. The van der Waals surface area contributed by atoms with Gasteiger partial charge < -0.3 is 10.2 Å². The highest BCUT2D eigenvalue weighted by molar-refractivity contribution is 9.10. The van der Waals surface area contributed by atoms with Crippen molar-refractivity contribution in [2.45, 2.75) is 19.9 Å². The van der Waals surface area contributed by atoms with Crippen molar-refractivity contribution in [1.29, 1.82) is 0 Å². The molecule has 20 heavy (non-hydrogen) atoms. The number of carbonyl (C=O) groups excluding carboxylic acids is 1. The summed E-state index contributed by atoms with van der Waals surface area (Å²) in [5.74, 6) is 0.898. The zero-order valence-electron chi connectivity index (χ0n) is 11.1. The third-order valence-corrected chi connectivity index (χ3v) is 3.96. The quantitative estimate of drug-likeness (QED) is 0.887. The van der Waals surface area contributed by atoms with Crippen molar-refractivity contribution in [3.05, 3.63) is 40.0 Å². The molecule has 3 rings (SSSR count). The first kappa shape index (κ1) is 13.2. The molecule has 1 aromatic carbocycles. The molecule has 104 valence electrons. The number of aromatic nitrogens is 2. The van der Waals surface area contributed by atoms with Crippen LogP contribution in [0, 0.1) is 0 Å². The molecule has 0 atom stereocenters. The van der Waals surface area contributed by atoms with Crippen LogP contribution in [0.5, 0.6) is 0 Å². The van der Waals surface area contributed by atoms with Crippen LogP contribution in [0.25, 0.3) is 0 Å². The molecule has 1 amide bonds. The van der Waals surface area contributed by atoms with Gasteiger partial charge in [0.25, 0.3) is 0 Å². The molecular weight excluding hydrogens is 320 g/mol. The highest BCUT2D eigenvalue weighted by Gasteiger charge is 2.23. The van der Waals surface area contributed by atoms with Crippen LogP contribution in [-0.2, 0) is 17.8 Å². The molecule has 1 aliphatic heterocycles. The van der Waals surface area contributed by atoms with E-state index in [0.717, 1.165) is 40.2 Å². The molecule has 0 unspecified atom stereocenters. The Kier molecular flexibility index (Phi) is 3.48. The van der Waals surface area contributed by atoms with Crippen molar-refractivity contribution < 1.29 is 4.79 Å². The van der Waals surface area contributed by atoms with E-state index >= 15 is 0 Å². The zero-order chi connectivity index (χ0) is 14.1. The lowest BCUT2D eigenvalue weighted by atomic mass is 10.1. The standard InChI is InChI=1S/C14H15BrN4O/c1-9(20)19-6-5-13-12(8-19)14(18-17-13)16-11-4-2-3-10(15)7-11/h2-4,7H,5-6,8H2,1H3,(H2,16,17,18). The van der Waals surface area contributed by atoms with Gasteiger partial charge >= 0.3 is 0 Å². The molecule has 0 spiro atoms. The van der Waals surface area contributed by atoms with E-state index in [1.165, 1.54) is 0 Å². The lowest BCUT2D eigenvalue weighted by molar-refractivity contribution is -0.129. The van der Waals surface area contributed by atoms with Gasteiger partial charge in [-0.3, -0.25) is 9.89 Å². The fourth-order valence-corrected chi connectivity index (χ4v) is 2.77. The molecule has 1 aromatic heterocycles. The molecule has 5 nitrogen and oxygen atoms in total. The van der Waals surface area contributed by atoms with Crippen molar-refractivity contribution in [2.24, 2.45) is 0 Å². The fraction of sp³-hybridized carbons (Fsp3) is 0.286. The third-order valence-electron chi connectivity index (χ3n) is 3.47. The first-order chi connectivity index (χ1) is 9.63. The number of nitrogens with one attached hydrogen (secondary N) is 2. The number of rotatable bonds is 2. The maximum atomic E-state index is 11.5. The Balaban J connectivity index is 1.86. The first-order valence-corrected chi connectivity index (χ1v) is 7.27. The summed E-state index contributed by atoms with van der Waals surface area (Å²) in [6, 6.07) is 7.92. The van der Waals surface area contributed by atoms with Crippen LogP contribution < -0.4 is 5.32 Å². The summed E-state index contributed by atoms with van der Waals surface area (Å²) in [4.78, 5) is 13.4. The van der Waals surface area contributed by atoms with Crippen LogP contribution in [0.2, 0.25) is 0 Å². The minimum Gasteiger partial charge on any atom is -0.338 e. The zero-order valence-corrected chi connectivity index (χ0v) is 12.7. The molecule has 2 aromatic rings. The predicted molar refractivity (Wildman–Crippen MR) is 80.8 cm³/mol. The number of halogens is 1. The topological polar surface area (TPSA) is 61.0 Å². The predicted octanol–water partition coefficient (Wildman–Crippen LogP) is 2.82. The number of anilines is 2. The van der Waals surface area contributed by atoms with E-state index in [1.54, 1.807) is 6.92 Å². The maximum Gasteiger partial charge on any atom is 0.219 e. The molecule has 0 saturated heterocycles. The summed E-state index contributed by atoms with van der Waals surface area (Å²) in [7, 11) is 0. The second kappa shape index (κ2) is 5.28. The number of aromatic amines is 1. The van der Waals surface area contributed by atoms with Gasteiger partial charge in [-0.25, -0.2) is 0 Å². The highest BCUT2D eigenvalue weighted by Crippen LogP contribution is 2.27. The minimum absolute atomic E-state index is 0.102. The molecule has 0 bridgehead atoms. The van der Waals surface area contributed by atoms with Gasteiger partial charge in [0.15, 0.2) is 5.82 Å². The second-order valence-electron chi connectivity index (χ2n) is 4.86. The van der Waals surface area contributed by atoms with E-state index in [-0.39, 0.29) is 5.91 Å². The van der Waals surface area contributed by atoms with Gasteiger partial charge in [0.2, 0.25) is 5.91 Å². The van der Waals surface area contributed by atoms with E-state index < -0.39 is 0 Å². The van der Waals surface area contributed by atoms with Crippen LogP contribution in [0.1, 0.15) is 18.2 Å². The number of carbonyl (C=O) groups is 1. The van der Waals surface area contributed by atoms with Gasteiger partial charge in [-0.05, 0) is 18.2 Å². The summed E-state index contributed by atoms with van der Waals surface area (Å²) < 4.78 is 1.01. The smallest absolute Gasteiger partial charge is 0.219 e. The summed E-state index contributed by atoms with van der Waals surface area (Å²) in [6.07, 6.45) is 0.822. The Hall–Kier alpha value is -1.82. The van der Waals surface area contributed by atoms with Gasteiger partial charge in [0.05, 0.1) is 6.54 Å². The van der Waals surface area contributed by atoms with Gasteiger partial charge in [0, 0.05) is 41.3 Å². The molecule has 1 aliphatic rings. The van der Waals surface area contributed by atoms with Gasteiger partial charge in [-0.1, -0.05) is 22.0 Å². The van der Waals surface area contributed by atoms with E-state index in [2.05, 4.69) is 31.4 Å². The van der Waals surface area contributed by atoms with Crippen LogP contribution >= 0.6 is 15.9 Å². The van der Waals surface area contributed by atoms with E-state index in [1.807, 2.05) is 29.2 Å². The molecule has 0 saturated carbocycles. The molecule has 6 heteroatoms. The summed E-state index contributed by atoms with van der Waals surface area (Å²) in [6.45, 7) is 2.96. The minimum atomic E-state index is 0.102. The molecule has 0 radical (unpaired) electrons. The molecule has 0 aliphatic carbocycles. The number of H-pyrrole nitrogens is 1. The average molecular weight is 335 g/mol. The van der Waals surface area contributed by atoms with Gasteiger partial charge in [-0.2, -0.15) is 5.10 Å². The lowest BCUT2D eigenvalue weighted by Gasteiger charge is -2.25. The Labute approximate surface area is 125 Å². The summed E-state index contributed by atoms with van der Waals surface area (Å²) >= 11 is 3.45. The summed E-state index contributed by atoms with van der Waals surface area (Å²) in [5, 5.41) is 10.7. The van der Waals surface area contributed by atoms with Crippen molar-refractivity contribution >= 4 is 33.3 Å². The van der Waals surface area contributed by atoms with E-state index in [4.69, 9.17) is 0 Å². The van der Waals surface area contributed by atoms with E-state index in [0.29, 0.717) is 6.54 Å². The third kappa shape index (κ3) is 2.56. The number of hydrogen-bond donors (Lipinski definition) is 2. The Bertz CT molecular complexity index is 652. The highest BCUT2D eigenvalue weighted by atomic mass is 79.9. The number of hydrogen-bond acceptors (Lipinski definition) is 3. The fourth-order valence-electron chi connectivity index (χ4n) is 2.37. The first-order valence-electron chi connectivity index (χ1n) is 6.47. The Morgan fingerprint density at radius 1 is 1.50 bits per heavy atom. The Morgan fingerprint density at radius 3 is 3.10 bits per heavy atom. The lowest BCUT2D eigenvalue weighted by Crippen LogP contribution is -2.34. The molecule has 2 heterocycles. The molecule has 0 fully saturated rings. The van der Waals surface area contributed by atoms with E-state index in [9.17, 15) is 4.79 Å². The normalized spacial score (nSPS) is 14.0. The van der Waals surface area contributed by atoms with Crippen LogP contribution in [-0.4, -0.2) is 27.5 Å². The van der Waals surface area contributed by atoms with Crippen LogP contribution in [0.4, 0.5) is 11.5 Å². The van der Waals surface area contributed by atoms with Crippen molar-refractivity contribution in [2.75, 3.05) is 11.9 Å². The van der Waals surface area contributed by atoms with Crippen molar-refractivity contribution in [3.8, 4) is 0 Å². The van der Waals surface area contributed by atoms with Crippen LogP contribution in [0.3, 0.4) is 0 Å². The van der Waals surface area contributed by atoms with Gasteiger partial charge in [-0.15, -0.1) is 0 Å². The number of fused-ring (bicyclic) bond motifs is 1. The monoisotopic (exact) mass is 334 g/mol. The van der Waals surface area contributed by atoms with Crippen molar-refractivity contribution in [3.63, 3.8) is 0 Å². The van der Waals surface area contributed by atoms with Gasteiger partial charge in [0.1, 0.15) is 0 Å². The average Bonchev–Trinajstić information content (AvgIpc) is 2.81. The van der Waals surface area contributed by atoms with Crippen LogP contribution in [0.15, 0.2) is 28.7 Å².